The SMILES string of the molecule is Cc1cccc(F)c1NCc1ccc(F)c(Cl)c1. The fourth-order valence-corrected chi connectivity index (χ4v) is 1.90. The van der Waals surface area contributed by atoms with Gasteiger partial charge in [-0.05, 0) is 36.2 Å². The fourth-order valence-electron chi connectivity index (χ4n) is 1.70. The molecule has 0 spiro atoms. The molecule has 0 radical (unpaired) electrons. The minimum Gasteiger partial charge on any atom is -0.378 e. The molecule has 94 valence electrons. The van der Waals surface area contributed by atoms with Gasteiger partial charge in [0.25, 0.3) is 0 Å². The summed E-state index contributed by atoms with van der Waals surface area (Å²) in [5.74, 6) is -0.759. The minimum absolute atomic E-state index is 0.0690. The number of para-hydroxylation sites is 1. The highest BCUT2D eigenvalue weighted by Gasteiger charge is 2.05. The first-order valence-corrected chi connectivity index (χ1v) is 5.88. The first-order chi connectivity index (χ1) is 8.58. The maximum atomic E-state index is 13.5. The standard InChI is InChI=1S/C14H12ClF2N/c1-9-3-2-4-13(17)14(9)18-8-10-5-6-12(16)11(15)7-10/h2-7,18H,8H2,1H3. The zero-order valence-corrected chi connectivity index (χ0v) is 10.6. The molecular formula is C14H12ClF2N. The molecule has 0 heterocycles. The van der Waals surface area contributed by atoms with Gasteiger partial charge in [-0.25, -0.2) is 8.78 Å². The third-order valence-electron chi connectivity index (χ3n) is 2.68. The largest absolute Gasteiger partial charge is 0.378 e. The van der Waals surface area contributed by atoms with Gasteiger partial charge in [0.15, 0.2) is 0 Å². The van der Waals surface area contributed by atoms with Gasteiger partial charge < -0.3 is 5.32 Å². The van der Waals surface area contributed by atoms with Gasteiger partial charge in [-0.15, -0.1) is 0 Å². The molecule has 0 bridgehead atoms. The van der Waals surface area contributed by atoms with Crippen LogP contribution < -0.4 is 5.32 Å². The molecule has 0 aliphatic heterocycles. The van der Waals surface area contributed by atoms with E-state index in [9.17, 15) is 8.78 Å². The molecule has 0 amide bonds. The van der Waals surface area contributed by atoms with Crippen molar-refractivity contribution in [2.75, 3.05) is 5.32 Å². The van der Waals surface area contributed by atoms with E-state index in [1.165, 1.54) is 18.2 Å². The predicted octanol–water partition coefficient (Wildman–Crippen LogP) is 4.54. The summed E-state index contributed by atoms with van der Waals surface area (Å²) >= 11 is 5.68. The Bertz CT molecular complexity index is 549. The van der Waals surface area contributed by atoms with Crippen molar-refractivity contribution in [1.82, 2.24) is 0 Å². The van der Waals surface area contributed by atoms with Gasteiger partial charge in [0.2, 0.25) is 0 Å². The van der Waals surface area contributed by atoms with Gasteiger partial charge in [-0.1, -0.05) is 29.8 Å². The molecule has 2 aromatic carbocycles. The Morgan fingerprint density at radius 3 is 2.56 bits per heavy atom. The smallest absolute Gasteiger partial charge is 0.146 e. The van der Waals surface area contributed by atoms with Crippen LogP contribution in [0.4, 0.5) is 14.5 Å². The van der Waals surface area contributed by atoms with Gasteiger partial charge in [-0.2, -0.15) is 0 Å². The Labute approximate surface area is 109 Å². The van der Waals surface area contributed by atoms with Crippen LogP contribution in [-0.2, 0) is 6.54 Å². The van der Waals surface area contributed by atoms with Crippen LogP contribution in [0, 0.1) is 18.6 Å². The highest BCUT2D eigenvalue weighted by atomic mass is 35.5. The van der Waals surface area contributed by atoms with E-state index in [2.05, 4.69) is 5.32 Å². The molecule has 2 rings (SSSR count). The quantitative estimate of drug-likeness (QED) is 0.861. The van der Waals surface area contributed by atoms with Crippen molar-refractivity contribution in [1.29, 1.82) is 0 Å². The summed E-state index contributed by atoms with van der Waals surface area (Å²) in [6, 6.07) is 9.32. The number of hydrogen-bond acceptors (Lipinski definition) is 1. The molecule has 4 heteroatoms. The van der Waals surface area contributed by atoms with Crippen molar-refractivity contribution in [3.8, 4) is 0 Å². The molecule has 0 fully saturated rings. The number of hydrogen-bond donors (Lipinski definition) is 1. The first-order valence-electron chi connectivity index (χ1n) is 5.51. The molecule has 18 heavy (non-hydrogen) atoms. The molecular weight excluding hydrogens is 256 g/mol. The Morgan fingerprint density at radius 2 is 1.89 bits per heavy atom. The molecule has 0 aliphatic carbocycles. The maximum absolute atomic E-state index is 13.5. The lowest BCUT2D eigenvalue weighted by Crippen LogP contribution is -2.03. The third-order valence-corrected chi connectivity index (χ3v) is 2.96. The lowest BCUT2D eigenvalue weighted by molar-refractivity contribution is 0.626. The second-order valence-electron chi connectivity index (χ2n) is 4.03. The van der Waals surface area contributed by atoms with Crippen LogP contribution >= 0.6 is 11.6 Å². The molecule has 2 aromatic rings. The average Bonchev–Trinajstić information content (AvgIpc) is 2.33. The summed E-state index contributed by atoms with van der Waals surface area (Å²) < 4.78 is 26.5. The number of anilines is 1. The van der Waals surface area contributed by atoms with E-state index in [1.807, 2.05) is 13.0 Å². The van der Waals surface area contributed by atoms with Gasteiger partial charge in [-0.3, -0.25) is 0 Å². The van der Waals surface area contributed by atoms with E-state index in [0.717, 1.165) is 11.1 Å². The number of nitrogens with one attached hydrogen (secondary N) is 1. The highest BCUT2D eigenvalue weighted by molar-refractivity contribution is 6.30. The van der Waals surface area contributed by atoms with Gasteiger partial charge in [0.05, 0.1) is 10.7 Å². The Kier molecular flexibility index (Phi) is 3.82. The second-order valence-corrected chi connectivity index (χ2v) is 4.44. The molecule has 0 aromatic heterocycles. The fraction of sp³-hybridized carbons (Fsp3) is 0.143. The summed E-state index contributed by atoms with van der Waals surface area (Å²) in [6.07, 6.45) is 0. The first kappa shape index (κ1) is 12.8. The van der Waals surface area contributed by atoms with E-state index in [4.69, 9.17) is 11.6 Å². The zero-order valence-electron chi connectivity index (χ0n) is 9.81. The molecule has 0 atom stereocenters. The van der Waals surface area contributed by atoms with E-state index in [-0.39, 0.29) is 10.8 Å². The molecule has 0 aliphatic rings. The summed E-state index contributed by atoms with van der Waals surface area (Å²) in [5, 5.41) is 3.06. The van der Waals surface area contributed by atoms with Crippen LogP contribution in [0.2, 0.25) is 5.02 Å². The maximum Gasteiger partial charge on any atom is 0.146 e. The van der Waals surface area contributed by atoms with E-state index < -0.39 is 5.82 Å². The van der Waals surface area contributed by atoms with Crippen LogP contribution in [0.5, 0.6) is 0 Å². The normalized spacial score (nSPS) is 10.4. The zero-order chi connectivity index (χ0) is 13.1. The van der Waals surface area contributed by atoms with Crippen molar-refractivity contribution in [2.24, 2.45) is 0 Å². The number of halogens is 3. The second kappa shape index (κ2) is 5.36. The van der Waals surface area contributed by atoms with Gasteiger partial charge >= 0.3 is 0 Å². The molecule has 0 saturated carbocycles. The summed E-state index contributed by atoms with van der Waals surface area (Å²) in [4.78, 5) is 0. The van der Waals surface area contributed by atoms with E-state index >= 15 is 0 Å². The number of aryl methyl sites for hydroxylation is 1. The van der Waals surface area contributed by atoms with Crippen LogP contribution in [0.3, 0.4) is 0 Å². The topological polar surface area (TPSA) is 12.0 Å². The lowest BCUT2D eigenvalue weighted by Gasteiger charge is -2.10. The lowest BCUT2D eigenvalue weighted by atomic mass is 10.1. The van der Waals surface area contributed by atoms with Crippen molar-refractivity contribution in [3.63, 3.8) is 0 Å². The minimum atomic E-state index is -0.456. The Morgan fingerprint density at radius 1 is 1.11 bits per heavy atom. The Balaban J connectivity index is 2.14. The van der Waals surface area contributed by atoms with Crippen molar-refractivity contribution in [2.45, 2.75) is 13.5 Å². The van der Waals surface area contributed by atoms with Crippen LogP contribution in [-0.4, -0.2) is 0 Å². The monoisotopic (exact) mass is 267 g/mol. The van der Waals surface area contributed by atoms with Gasteiger partial charge in [0.1, 0.15) is 11.6 Å². The highest BCUT2D eigenvalue weighted by Crippen LogP contribution is 2.21. The van der Waals surface area contributed by atoms with Crippen molar-refractivity contribution in [3.05, 3.63) is 64.2 Å². The van der Waals surface area contributed by atoms with E-state index in [0.29, 0.717) is 12.2 Å². The molecule has 1 N–H and O–H groups in total. The average molecular weight is 268 g/mol. The van der Waals surface area contributed by atoms with Crippen LogP contribution in [0.25, 0.3) is 0 Å². The number of rotatable bonds is 3. The van der Waals surface area contributed by atoms with E-state index in [1.54, 1.807) is 12.1 Å². The Hall–Kier alpha value is -1.61. The summed E-state index contributed by atoms with van der Waals surface area (Å²) in [6.45, 7) is 2.21. The third kappa shape index (κ3) is 2.79. The van der Waals surface area contributed by atoms with Crippen molar-refractivity contribution < 1.29 is 8.78 Å². The summed E-state index contributed by atoms with van der Waals surface area (Å²) in [5.41, 5.74) is 2.07. The summed E-state index contributed by atoms with van der Waals surface area (Å²) in [7, 11) is 0. The molecule has 0 saturated heterocycles. The number of benzene rings is 2. The predicted molar refractivity (Wildman–Crippen MR) is 69.9 cm³/mol. The molecule has 1 nitrogen and oxygen atoms in total. The van der Waals surface area contributed by atoms with Crippen LogP contribution in [0.1, 0.15) is 11.1 Å². The van der Waals surface area contributed by atoms with Gasteiger partial charge in [0, 0.05) is 6.54 Å². The van der Waals surface area contributed by atoms with Crippen molar-refractivity contribution >= 4 is 17.3 Å². The van der Waals surface area contributed by atoms with Crippen LogP contribution in [0.15, 0.2) is 36.4 Å². The molecule has 0 unspecified atom stereocenters.